The van der Waals surface area contributed by atoms with Crippen molar-refractivity contribution in [3.05, 3.63) is 170 Å². The third-order valence-electron chi connectivity index (χ3n) is 9.84. The van der Waals surface area contributed by atoms with Crippen molar-refractivity contribution in [1.29, 1.82) is 0 Å². The number of furan rings is 1. The lowest BCUT2D eigenvalue weighted by Gasteiger charge is -2.20. The van der Waals surface area contributed by atoms with Crippen LogP contribution in [0.15, 0.2) is 174 Å². The third-order valence-corrected chi connectivity index (χ3v) is 9.84. The van der Waals surface area contributed by atoms with E-state index in [1.165, 1.54) is 76.5 Å². The highest BCUT2D eigenvalue weighted by Crippen LogP contribution is 2.48. The third kappa shape index (κ3) is 3.90. The zero-order valence-electron chi connectivity index (χ0n) is 25.6. The molecule has 47 heavy (non-hydrogen) atoms. The zero-order chi connectivity index (χ0) is 30.9. The minimum Gasteiger partial charge on any atom is -0.456 e. The van der Waals surface area contributed by atoms with Crippen LogP contribution in [-0.2, 0) is 0 Å². The smallest absolute Gasteiger partial charge is 0.136 e. The fraction of sp³-hybridized carbons (Fsp3) is 0. The van der Waals surface area contributed by atoms with Gasteiger partial charge >= 0.3 is 0 Å². The summed E-state index contributed by atoms with van der Waals surface area (Å²) < 4.78 is 6.51. The summed E-state index contributed by atoms with van der Waals surface area (Å²) >= 11 is 0. The van der Waals surface area contributed by atoms with Gasteiger partial charge in [0.15, 0.2) is 0 Å². The van der Waals surface area contributed by atoms with Crippen molar-refractivity contribution in [3.63, 3.8) is 0 Å². The number of fused-ring (bicyclic) bond motifs is 8. The van der Waals surface area contributed by atoms with Crippen LogP contribution in [0.4, 0.5) is 0 Å². The van der Waals surface area contributed by atoms with Gasteiger partial charge in [0.05, 0.1) is 0 Å². The molecule has 218 valence electrons. The highest BCUT2D eigenvalue weighted by atomic mass is 16.3. The topological polar surface area (TPSA) is 13.1 Å². The minimum atomic E-state index is 0.903. The quantitative estimate of drug-likeness (QED) is 0.146. The lowest BCUT2D eigenvalue weighted by atomic mass is 9.83. The molecule has 0 spiro atoms. The van der Waals surface area contributed by atoms with Crippen molar-refractivity contribution >= 4 is 65.0 Å². The first-order chi connectivity index (χ1) is 23.3. The molecule has 0 atom stereocenters. The standard InChI is InChI=1S/C46H28O/c1-2-13-29(14-3-1)30-25-26-42-41(27-30)46-39(23-12-24-43(46)47-42)44-35-19-8-10-21-37(35)45(38-22-11-9-20-36(38)44)40-28-31-15-4-5-16-32(31)33-17-6-7-18-34(33)40/h1-28H. The lowest BCUT2D eigenvalue weighted by molar-refractivity contribution is 0.669. The first-order valence-electron chi connectivity index (χ1n) is 16.2. The number of hydrogen-bond donors (Lipinski definition) is 0. The Balaban J connectivity index is 1.34. The van der Waals surface area contributed by atoms with Crippen LogP contribution in [0.25, 0.3) is 98.4 Å². The molecule has 9 aromatic carbocycles. The normalized spacial score (nSPS) is 11.8. The molecule has 10 aromatic rings. The molecular formula is C46H28O. The monoisotopic (exact) mass is 596 g/mol. The summed E-state index contributed by atoms with van der Waals surface area (Å²) in [5.74, 6) is 0. The summed E-state index contributed by atoms with van der Waals surface area (Å²) in [5.41, 5.74) is 9.15. The molecular weight excluding hydrogens is 569 g/mol. The molecule has 0 saturated heterocycles. The highest BCUT2D eigenvalue weighted by molar-refractivity contribution is 6.28. The summed E-state index contributed by atoms with van der Waals surface area (Å²) in [6, 6.07) is 61.5. The Bertz CT molecular complexity index is 2780. The predicted molar refractivity (Wildman–Crippen MR) is 200 cm³/mol. The number of hydrogen-bond acceptors (Lipinski definition) is 1. The van der Waals surface area contributed by atoms with Crippen LogP contribution < -0.4 is 0 Å². The number of benzene rings is 9. The minimum absolute atomic E-state index is 0.903. The van der Waals surface area contributed by atoms with Crippen LogP contribution in [0.5, 0.6) is 0 Å². The molecule has 1 heterocycles. The number of rotatable bonds is 3. The van der Waals surface area contributed by atoms with Gasteiger partial charge in [0.25, 0.3) is 0 Å². The van der Waals surface area contributed by atoms with E-state index in [-0.39, 0.29) is 0 Å². The van der Waals surface area contributed by atoms with Crippen LogP contribution in [0.2, 0.25) is 0 Å². The Labute approximate surface area is 271 Å². The molecule has 0 aliphatic carbocycles. The molecule has 0 radical (unpaired) electrons. The highest BCUT2D eigenvalue weighted by Gasteiger charge is 2.21. The van der Waals surface area contributed by atoms with Crippen LogP contribution in [0.3, 0.4) is 0 Å². The Morgan fingerprint density at radius 2 is 0.872 bits per heavy atom. The van der Waals surface area contributed by atoms with E-state index in [4.69, 9.17) is 4.42 Å². The second kappa shape index (κ2) is 10.2. The van der Waals surface area contributed by atoms with Gasteiger partial charge < -0.3 is 4.42 Å². The molecule has 0 saturated carbocycles. The van der Waals surface area contributed by atoms with Gasteiger partial charge in [-0.3, -0.25) is 0 Å². The molecule has 0 N–H and O–H groups in total. The molecule has 10 rings (SSSR count). The van der Waals surface area contributed by atoms with Gasteiger partial charge in [-0.2, -0.15) is 0 Å². The average Bonchev–Trinajstić information content (AvgIpc) is 3.52. The molecule has 0 aliphatic heterocycles. The van der Waals surface area contributed by atoms with E-state index in [9.17, 15) is 0 Å². The van der Waals surface area contributed by atoms with Crippen molar-refractivity contribution in [2.45, 2.75) is 0 Å². The molecule has 0 fully saturated rings. The van der Waals surface area contributed by atoms with Crippen molar-refractivity contribution in [3.8, 4) is 33.4 Å². The largest absolute Gasteiger partial charge is 0.456 e. The summed E-state index contributed by atoms with van der Waals surface area (Å²) in [6.45, 7) is 0. The fourth-order valence-corrected chi connectivity index (χ4v) is 7.82. The van der Waals surface area contributed by atoms with Gasteiger partial charge in [-0.1, -0.05) is 146 Å². The van der Waals surface area contributed by atoms with E-state index in [0.29, 0.717) is 0 Å². The zero-order valence-corrected chi connectivity index (χ0v) is 25.6. The SMILES string of the molecule is c1ccc(-c2ccc3oc4cccc(-c5c6ccccc6c(-c6cc7ccccc7c7ccccc67)c6ccccc56)c4c3c2)cc1. The van der Waals surface area contributed by atoms with Crippen LogP contribution in [-0.4, -0.2) is 0 Å². The van der Waals surface area contributed by atoms with Crippen molar-refractivity contribution in [2.24, 2.45) is 0 Å². The van der Waals surface area contributed by atoms with Crippen LogP contribution in [0, 0.1) is 0 Å². The summed E-state index contributed by atoms with van der Waals surface area (Å²) in [5, 5.41) is 12.3. The van der Waals surface area contributed by atoms with E-state index in [1.54, 1.807) is 0 Å². The van der Waals surface area contributed by atoms with Crippen molar-refractivity contribution in [2.75, 3.05) is 0 Å². The van der Waals surface area contributed by atoms with Crippen molar-refractivity contribution < 1.29 is 4.42 Å². The molecule has 0 amide bonds. The maximum Gasteiger partial charge on any atom is 0.136 e. The van der Waals surface area contributed by atoms with E-state index in [1.807, 2.05) is 0 Å². The van der Waals surface area contributed by atoms with E-state index < -0.39 is 0 Å². The molecule has 1 nitrogen and oxygen atoms in total. The Morgan fingerprint density at radius 3 is 1.57 bits per heavy atom. The molecule has 0 aliphatic rings. The molecule has 1 aromatic heterocycles. The van der Waals surface area contributed by atoms with E-state index in [2.05, 4.69) is 170 Å². The van der Waals surface area contributed by atoms with Gasteiger partial charge in [0, 0.05) is 10.8 Å². The Morgan fingerprint density at radius 1 is 0.298 bits per heavy atom. The summed E-state index contributed by atoms with van der Waals surface area (Å²) in [6.07, 6.45) is 0. The maximum absolute atomic E-state index is 6.51. The van der Waals surface area contributed by atoms with Gasteiger partial charge in [-0.25, -0.2) is 0 Å². The van der Waals surface area contributed by atoms with E-state index in [0.717, 1.165) is 21.9 Å². The van der Waals surface area contributed by atoms with Gasteiger partial charge in [0.1, 0.15) is 11.2 Å². The Hall–Kier alpha value is -6.18. The fourth-order valence-electron chi connectivity index (χ4n) is 7.82. The second-order valence-electron chi connectivity index (χ2n) is 12.4. The summed E-state index contributed by atoms with van der Waals surface area (Å²) in [4.78, 5) is 0. The van der Waals surface area contributed by atoms with Crippen molar-refractivity contribution in [1.82, 2.24) is 0 Å². The van der Waals surface area contributed by atoms with Gasteiger partial charge in [-0.05, 0) is 101 Å². The average molecular weight is 597 g/mol. The van der Waals surface area contributed by atoms with Gasteiger partial charge in [-0.15, -0.1) is 0 Å². The summed E-state index contributed by atoms with van der Waals surface area (Å²) in [7, 11) is 0. The first-order valence-corrected chi connectivity index (χ1v) is 16.2. The van der Waals surface area contributed by atoms with Crippen LogP contribution in [0.1, 0.15) is 0 Å². The molecule has 0 unspecified atom stereocenters. The molecule has 0 bridgehead atoms. The second-order valence-corrected chi connectivity index (χ2v) is 12.4. The maximum atomic E-state index is 6.51. The van der Waals surface area contributed by atoms with Gasteiger partial charge in [0.2, 0.25) is 0 Å². The van der Waals surface area contributed by atoms with Crippen LogP contribution >= 0.6 is 0 Å². The predicted octanol–water partition coefficient (Wildman–Crippen LogP) is 13.2. The Kier molecular flexibility index (Phi) is 5.64. The van der Waals surface area contributed by atoms with E-state index >= 15 is 0 Å². The molecule has 1 heteroatoms. The lowest BCUT2D eigenvalue weighted by Crippen LogP contribution is -1.92. The first kappa shape index (κ1) is 26.1.